The maximum atomic E-state index is 13.3. The van der Waals surface area contributed by atoms with Crippen LogP contribution in [-0.4, -0.2) is 36.8 Å². The van der Waals surface area contributed by atoms with Crippen LogP contribution in [0.4, 0.5) is 10.1 Å². The Morgan fingerprint density at radius 1 is 1.07 bits per heavy atom. The molecule has 1 radical (unpaired) electrons. The van der Waals surface area contributed by atoms with Crippen molar-refractivity contribution >= 4 is 36.1 Å². The van der Waals surface area contributed by atoms with Gasteiger partial charge in [-0.15, -0.1) is 0 Å². The van der Waals surface area contributed by atoms with Crippen LogP contribution in [0.5, 0.6) is 0 Å². The van der Waals surface area contributed by atoms with E-state index in [1.807, 2.05) is 25.5 Å². The molecule has 0 amide bonds. The highest BCUT2D eigenvalue weighted by Gasteiger charge is 2.32. The Kier molecular flexibility index (Phi) is 5.81. The van der Waals surface area contributed by atoms with E-state index >= 15 is 0 Å². The Morgan fingerprint density at radius 3 is 2.52 bits per heavy atom. The van der Waals surface area contributed by atoms with Crippen molar-refractivity contribution in [2.24, 2.45) is 4.99 Å². The largest absolute Gasteiger partial charge is 0.481 e. The average molecular weight is 407 g/mol. The number of aryl methyl sites for hydroxylation is 1. The number of anilines is 1. The van der Waals surface area contributed by atoms with Gasteiger partial charge in [0, 0.05) is 29.6 Å². The van der Waals surface area contributed by atoms with Crippen LogP contribution in [0.1, 0.15) is 11.1 Å². The van der Waals surface area contributed by atoms with Crippen molar-refractivity contribution in [3.8, 4) is 0 Å². The molecule has 0 saturated carbocycles. The summed E-state index contributed by atoms with van der Waals surface area (Å²) >= 11 is 5.93. The number of ether oxygens (including phenoxy) is 1. The smallest absolute Gasteiger partial charge is 0.234 e. The predicted molar refractivity (Wildman–Crippen MR) is 116 cm³/mol. The maximum absolute atomic E-state index is 13.3. The Hall–Kier alpha value is -2.86. The second kappa shape index (κ2) is 8.66. The SMILES string of the molecule is Cc1ccc(NCC2N=C(c3ccc(F)cc3)OC2[B]c2ccc(Cl)cn2)cc1. The van der Waals surface area contributed by atoms with Gasteiger partial charge >= 0.3 is 0 Å². The van der Waals surface area contributed by atoms with Crippen molar-refractivity contribution in [1.29, 1.82) is 0 Å². The first kappa shape index (κ1) is 19.5. The monoisotopic (exact) mass is 406 g/mol. The lowest BCUT2D eigenvalue weighted by Crippen LogP contribution is -2.40. The van der Waals surface area contributed by atoms with Crippen LogP contribution in [0.3, 0.4) is 0 Å². The van der Waals surface area contributed by atoms with E-state index in [2.05, 4.69) is 29.4 Å². The Bertz CT molecular complexity index is 994. The minimum absolute atomic E-state index is 0.158. The number of aromatic nitrogens is 1. The van der Waals surface area contributed by atoms with Gasteiger partial charge in [0.05, 0.1) is 11.0 Å². The van der Waals surface area contributed by atoms with Gasteiger partial charge in [-0.2, -0.15) is 0 Å². The molecular weight excluding hydrogens is 388 g/mol. The molecule has 0 spiro atoms. The number of hydrogen-bond acceptors (Lipinski definition) is 4. The van der Waals surface area contributed by atoms with Gasteiger partial charge in [-0.25, -0.2) is 9.38 Å². The Morgan fingerprint density at radius 2 is 1.83 bits per heavy atom. The molecule has 29 heavy (non-hydrogen) atoms. The van der Waals surface area contributed by atoms with Crippen molar-refractivity contribution in [2.45, 2.75) is 19.0 Å². The van der Waals surface area contributed by atoms with Crippen LogP contribution in [0.25, 0.3) is 0 Å². The number of nitrogens with one attached hydrogen (secondary N) is 1. The molecule has 1 aliphatic rings. The van der Waals surface area contributed by atoms with Gasteiger partial charge < -0.3 is 10.1 Å². The lowest BCUT2D eigenvalue weighted by molar-refractivity contribution is 0.275. The molecule has 4 rings (SSSR count). The molecule has 1 aromatic heterocycles. The van der Waals surface area contributed by atoms with Crippen molar-refractivity contribution in [1.82, 2.24) is 4.98 Å². The van der Waals surface area contributed by atoms with Gasteiger partial charge in [-0.05, 0) is 55.5 Å². The molecule has 4 nitrogen and oxygen atoms in total. The number of aliphatic imine (C=N–C) groups is 1. The highest BCUT2D eigenvalue weighted by molar-refractivity contribution is 6.54. The number of pyridine rings is 1. The normalized spacial score (nSPS) is 18.1. The van der Waals surface area contributed by atoms with Crippen molar-refractivity contribution < 1.29 is 9.13 Å². The lowest BCUT2D eigenvalue weighted by atomic mass is 9.65. The fourth-order valence-electron chi connectivity index (χ4n) is 3.05. The quantitative estimate of drug-likeness (QED) is 0.634. The first-order valence-electron chi connectivity index (χ1n) is 9.34. The van der Waals surface area contributed by atoms with E-state index in [-0.39, 0.29) is 17.9 Å². The van der Waals surface area contributed by atoms with E-state index in [1.165, 1.54) is 17.7 Å². The highest BCUT2D eigenvalue weighted by Crippen LogP contribution is 2.19. The zero-order valence-electron chi connectivity index (χ0n) is 15.8. The number of nitrogens with zero attached hydrogens (tertiary/aromatic N) is 2. The molecule has 2 atom stereocenters. The van der Waals surface area contributed by atoms with Crippen molar-refractivity contribution in [3.05, 3.63) is 88.8 Å². The van der Waals surface area contributed by atoms with Crippen molar-refractivity contribution in [3.63, 3.8) is 0 Å². The predicted octanol–water partition coefficient (Wildman–Crippen LogP) is 3.80. The van der Waals surface area contributed by atoms with E-state index in [9.17, 15) is 4.39 Å². The van der Waals surface area contributed by atoms with Gasteiger partial charge in [-0.3, -0.25) is 4.98 Å². The van der Waals surface area contributed by atoms with Gasteiger partial charge in [0.15, 0.2) is 0 Å². The summed E-state index contributed by atoms with van der Waals surface area (Å²) in [6.07, 6.45) is 1.60. The summed E-state index contributed by atoms with van der Waals surface area (Å²) in [5, 5.41) is 3.99. The minimum Gasteiger partial charge on any atom is -0.481 e. The van der Waals surface area contributed by atoms with E-state index in [0.29, 0.717) is 17.5 Å². The first-order chi connectivity index (χ1) is 14.1. The zero-order valence-corrected chi connectivity index (χ0v) is 16.6. The Balaban J connectivity index is 1.52. The van der Waals surface area contributed by atoms with Crippen LogP contribution in [-0.2, 0) is 4.74 Å². The lowest BCUT2D eigenvalue weighted by Gasteiger charge is -2.18. The molecule has 1 N–H and O–H groups in total. The molecule has 0 aliphatic carbocycles. The zero-order chi connectivity index (χ0) is 20.2. The van der Waals surface area contributed by atoms with Gasteiger partial charge in [0.2, 0.25) is 13.2 Å². The standard InChI is InChI=1S/C22H19BClFN3O/c1-14-2-9-18(10-3-14)26-13-19-21(23-20-11-6-16(24)12-27-20)29-22(28-19)15-4-7-17(25)8-5-15/h2-12,19,21,26H,13H2,1H3. The molecule has 2 unspecified atom stereocenters. The second-order valence-electron chi connectivity index (χ2n) is 6.91. The molecule has 2 aromatic carbocycles. The fourth-order valence-corrected chi connectivity index (χ4v) is 3.16. The van der Waals surface area contributed by atoms with Crippen LogP contribution < -0.4 is 10.9 Å². The Labute approximate surface area is 175 Å². The third-order valence-corrected chi connectivity index (χ3v) is 4.88. The number of halogens is 2. The molecule has 145 valence electrons. The van der Waals surface area contributed by atoms with Gasteiger partial charge in [-0.1, -0.05) is 29.3 Å². The van der Waals surface area contributed by atoms with Crippen LogP contribution in [0.15, 0.2) is 71.9 Å². The minimum atomic E-state index is -0.304. The van der Waals surface area contributed by atoms with Crippen molar-refractivity contribution in [2.75, 3.05) is 11.9 Å². The summed E-state index contributed by atoms with van der Waals surface area (Å²) in [7, 11) is 1.93. The molecule has 7 heteroatoms. The average Bonchev–Trinajstić information content (AvgIpc) is 3.12. The summed E-state index contributed by atoms with van der Waals surface area (Å²) in [6.45, 7) is 2.64. The topological polar surface area (TPSA) is 46.5 Å². The summed E-state index contributed by atoms with van der Waals surface area (Å²) in [5.41, 5.74) is 3.72. The maximum Gasteiger partial charge on any atom is 0.234 e. The number of benzene rings is 2. The van der Waals surface area contributed by atoms with E-state index in [1.54, 1.807) is 24.4 Å². The molecule has 0 fully saturated rings. The van der Waals surface area contributed by atoms with Gasteiger partial charge in [0.1, 0.15) is 11.9 Å². The fraction of sp³-hybridized carbons (Fsp3) is 0.182. The second-order valence-corrected chi connectivity index (χ2v) is 7.34. The third kappa shape index (κ3) is 4.95. The van der Waals surface area contributed by atoms with Crippen LogP contribution >= 0.6 is 11.6 Å². The summed E-state index contributed by atoms with van der Waals surface area (Å²) in [5.74, 6) is 0.203. The van der Waals surface area contributed by atoms with Gasteiger partial charge in [0.25, 0.3) is 0 Å². The highest BCUT2D eigenvalue weighted by atomic mass is 35.5. The molecule has 0 bridgehead atoms. The molecular formula is C22H19BClFN3O. The summed E-state index contributed by atoms with van der Waals surface area (Å²) in [4.78, 5) is 9.07. The number of hydrogen-bond donors (Lipinski definition) is 1. The molecule has 3 aromatic rings. The van der Waals surface area contributed by atoms with E-state index in [4.69, 9.17) is 21.3 Å². The molecule has 1 aliphatic heterocycles. The summed E-state index contributed by atoms with van der Waals surface area (Å²) < 4.78 is 19.4. The third-order valence-electron chi connectivity index (χ3n) is 4.65. The van der Waals surface area contributed by atoms with E-state index < -0.39 is 0 Å². The first-order valence-corrected chi connectivity index (χ1v) is 9.72. The van der Waals surface area contributed by atoms with Crippen LogP contribution in [0, 0.1) is 12.7 Å². The summed E-state index contributed by atoms with van der Waals surface area (Å²) in [6, 6.07) is 17.5. The molecule has 2 heterocycles. The van der Waals surface area contributed by atoms with Crippen LogP contribution in [0.2, 0.25) is 5.02 Å². The number of rotatable bonds is 6. The molecule has 0 saturated heterocycles. The van der Waals surface area contributed by atoms with E-state index in [0.717, 1.165) is 16.8 Å².